The van der Waals surface area contributed by atoms with Gasteiger partial charge in [-0.25, -0.2) is 14.4 Å². The van der Waals surface area contributed by atoms with Gasteiger partial charge < -0.3 is 30.0 Å². The van der Waals surface area contributed by atoms with Crippen molar-refractivity contribution in [3.8, 4) is 5.75 Å². The monoisotopic (exact) mass is 514 g/mol. The Morgan fingerprint density at radius 3 is 2.19 bits per heavy atom. The smallest absolute Gasteiger partial charge is 0.408 e. The second-order valence-corrected chi connectivity index (χ2v) is 9.64. The first-order valence-electron chi connectivity index (χ1n) is 12.5. The van der Waals surface area contributed by atoms with Gasteiger partial charge in [0.25, 0.3) is 0 Å². The number of benzene rings is 2. The maximum absolute atomic E-state index is 12.0. The van der Waals surface area contributed by atoms with Crippen LogP contribution in [0.3, 0.4) is 0 Å². The molecule has 1 atom stereocenters. The lowest BCUT2D eigenvalue weighted by Gasteiger charge is -2.19. The number of carbonyl (C=O) groups is 3. The van der Waals surface area contributed by atoms with E-state index in [0.29, 0.717) is 18.9 Å². The minimum atomic E-state index is -1.14. The first-order chi connectivity index (χ1) is 17.6. The van der Waals surface area contributed by atoms with Crippen molar-refractivity contribution in [2.75, 3.05) is 13.2 Å². The average molecular weight is 515 g/mol. The van der Waals surface area contributed by atoms with Gasteiger partial charge in [-0.1, -0.05) is 55.3 Å². The highest BCUT2D eigenvalue weighted by Gasteiger charge is 2.21. The highest BCUT2D eigenvalue weighted by molar-refractivity contribution is 5.80. The molecule has 0 aliphatic carbocycles. The summed E-state index contributed by atoms with van der Waals surface area (Å²) in [7, 11) is 0. The van der Waals surface area contributed by atoms with E-state index in [4.69, 9.17) is 14.2 Å². The lowest BCUT2D eigenvalue weighted by Crippen LogP contribution is -2.42. The van der Waals surface area contributed by atoms with E-state index >= 15 is 0 Å². The lowest BCUT2D eigenvalue weighted by molar-refractivity contribution is -0.139. The van der Waals surface area contributed by atoms with Crippen LogP contribution in [0, 0.1) is 0 Å². The van der Waals surface area contributed by atoms with Crippen molar-refractivity contribution in [3.05, 3.63) is 65.7 Å². The molecule has 0 radical (unpaired) electrons. The Kier molecular flexibility index (Phi) is 12.3. The van der Waals surface area contributed by atoms with Crippen LogP contribution in [-0.2, 0) is 27.3 Å². The normalized spacial score (nSPS) is 11.8. The van der Waals surface area contributed by atoms with Crippen LogP contribution in [0.25, 0.3) is 0 Å². The third-order valence-corrected chi connectivity index (χ3v) is 5.17. The van der Waals surface area contributed by atoms with E-state index in [1.165, 1.54) is 0 Å². The van der Waals surface area contributed by atoms with Crippen LogP contribution in [-0.4, -0.2) is 48.1 Å². The molecule has 9 heteroatoms. The standard InChI is InChI=1S/C28H38N2O7/c1-28(2,3)37-26(33)29-17-9-4-5-10-18-35-23-15-13-21(14-16-23)19-24(25(31)32)30-27(34)36-20-22-11-7-6-8-12-22/h6-8,11-16,24H,4-5,9-10,17-20H2,1-3H3,(H,29,33)(H,30,34)(H,31,32)/t24-/m0/s1. The second-order valence-electron chi connectivity index (χ2n) is 9.64. The Balaban J connectivity index is 1.63. The van der Waals surface area contributed by atoms with Crippen LogP contribution in [0.1, 0.15) is 57.6 Å². The summed E-state index contributed by atoms with van der Waals surface area (Å²) in [6, 6.07) is 15.2. The van der Waals surface area contributed by atoms with Gasteiger partial charge in [-0.3, -0.25) is 0 Å². The molecule has 3 N–H and O–H groups in total. The number of carboxylic acids is 1. The molecule has 0 saturated heterocycles. The molecule has 202 valence electrons. The number of unbranched alkanes of at least 4 members (excludes halogenated alkanes) is 3. The summed E-state index contributed by atoms with van der Waals surface area (Å²) in [5.41, 5.74) is 1.07. The minimum Gasteiger partial charge on any atom is -0.494 e. The topological polar surface area (TPSA) is 123 Å². The van der Waals surface area contributed by atoms with Crippen LogP contribution < -0.4 is 15.4 Å². The first kappa shape index (κ1) is 29.5. The zero-order valence-electron chi connectivity index (χ0n) is 21.8. The molecule has 37 heavy (non-hydrogen) atoms. The molecule has 0 bridgehead atoms. The van der Waals surface area contributed by atoms with Gasteiger partial charge in [0.1, 0.15) is 24.0 Å². The van der Waals surface area contributed by atoms with Crippen molar-refractivity contribution in [1.29, 1.82) is 0 Å². The van der Waals surface area contributed by atoms with E-state index in [9.17, 15) is 19.5 Å². The van der Waals surface area contributed by atoms with Crippen molar-refractivity contribution in [2.45, 2.75) is 71.1 Å². The Morgan fingerprint density at radius 2 is 1.54 bits per heavy atom. The molecular weight excluding hydrogens is 476 g/mol. The Labute approximate surface area is 218 Å². The number of ether oxygens (including phenoxy) is 3. The number of aliphatic carboxylic acids is 1. The number of carboxylic acid groups (broad SMARTS) is 1. The molecule has 2 aromatic rings. The second kappa shape index (κ2) is 15.4. The van der Waals surface area contributed by atoms with Gasteiger partial charge >= 0.3 is 18.2 Å². The summed E-state index contributed by atoms with van der Waals surface area (Å²) in [5, 5.41) is 14.6. The van der Waals surface area contributed by atoms with E-state index in [-0.39, 0.29) is 13.0 Å². The van der Waals surface area contributed by atoms with Gasteiger partial charge in [0.05, 0.1) is 6.61 Å². The van der Waals surface area contributed by atoms with Crippen LogP contribution in [0.15, 0.2) is 54.6 Å². The van der Waals surface area contributed by atoms with E-state index in [2.05, 4.69) is 10.6 Å². The zero-order valence-corrected chi connectivity index (χ0v) is 21.8. The summed E-state index contributed by atoms with van der Waals surface area (Å²) in [6.07, 6.45) is 2.63. The molecule has 0 fully saturated rings. The van der Waals surface area contributed by atoms with Crippen molar-refractivity contribution >= 4 is 18.2 Å². The number of rotatable bonds is 14. The molecule has 0 aliphatic rings. The fraction of sp³-hybridized carbons (Fsp3) is 0.464. The molecule has 0 heterocycles. The minimum absolute atomic E-state index is 0.0635. The molecule has 2 rings (SSSR count). The van der Waals surface area contributed by atoms with Crippen molar-refractivity contribution in [3.63, 3.8) is 0 Å². The van der Waals surface area contributed by atoms with Crippen molar-refractivity contribution in [2.24, 2.45) is 0 Å². The molecule has 0 aromatic heterocycles. The van der Waals surface area contributed by atoms with Gasteiger partial charge in [-0.15, -0.1) is 0 Å². The third-order valence-electron chi connectivity index (χ3n) is 5.17. The maximum atomic E-state index is 12.0. The first-order valence-corrected chi connectivity index (χ1v) is 12.5. The molecular formula is C28H38N2O7. The van der Waals surface area contributed by atoms with Crippen LogP contribution in [0.5, 0.6) is 5.75 Å². The van der Waals surface area contributed by atoms with Gasteiger partial charge in [0.2, 0.25) is 0 Å². The lowest BCUT2D eigenvalue weighted by atomic mass is 10.1. The zero-order chi connectivity index (χ0) is 27.1. The summed E-state index contributed by atoms with van der Waals surface area (Å²) in [4.78, 5) is 35.2. The number of amides is 2. The summed E-state index contributed by atoms with van der Waals surface area (Å²) >= 11 is 0. The van der Waals surface area contributed by atoms with Crippen molar-refractivity contribution < 1.29 is 33.7 Å². The number of hydrogen-bond acceptors (Lipinski definition) is 6. The predicted octanol–water partition coefficient (Wildman–Crippen LogP) is 5.07. The van der Waals surface area contributed by atoms with Gasteiger partial charge in [0.15, 0.2) is 0 Å². The van der Waals surface area contributed by atoms with Crippen LogP contribution in [0.2, 0.25) is 0 Å². The summed E-state index contributed by atoms with van der Waals surface area (Å²) < 4.78 is 16.1. The molecule has 9 nitrogen and oxygen atoms in total. The predicted molar refractivity (Wildman–Crippen MR) is 140 cm³/mol. The number of nitrogens with one attached hydrogen (secondary N) is 2. The highest BCUT2D eigenvalue weighted by atomic mass is 16.6. The van der Waals surface area contributed by atoms with Gasteiger partial charge in [-0.05, 0) is 56.9 Å². The SMILES string of the molecule is CC(C)(C)OC(=O)NCCCCCCOc1ccc(C[C@H](NC(=O)OCc2ccccc2)C(=O)O)cc1. The van der Waals surface area contributed by atoms with Gasteiger partial charge in [-0.2, -0.15) is 0 Å². The Morgan fingerprint density at radius 1 is 0.865 bits per heavy atom. The molecule has 2 amide bonds. The number of carbonyl (C=O) groups excluding carboxylic acids is 2. The third kappa shape index (κ3) is 13.2. The van der Waals surface area contributed by atoms with E-state index in [1.807, 2.05) is 51.1 Å². The Bertz CT molecular complexity index is 972. The molecule has 0 unspecified atom stereocenters. The highest BCUT2D eigenvalue weighted by Crippen LogP contribution is 2.15. The molecule has 0 aliphatic heterocycles. The fourth-order valence-corrected chi connectivity index (χ4v) is 3.34. The Hall–Kier alpha value is -3.75. The van der Waals surface area contributed by atoms with Gasteiger partial charge in [0, 0.05) is 13.0 Å². The average Bonchev–Trinajstić information content (AvgIpc) is 2.84. The molecule has 0 saturated carbocycles. The molecule has 0 spiro atoms. The van der Waals surface area contributed by atoms with E-state index < -0.39 is 29.8 Å². The largest absolute Gasteiger partial charge is 0.494 e. The number of hydrogen-bond donors (Lipinski definition) is 3. The summed E-state index contributed by atoms with van der Waals surface area (Å²) in [6.45, 7) is 6.69. The summed E-state index contributed by atoms with van der Waals surface area (Å²) in [5.74, 6) is -0.448. The van der Waals surface area contributed by atoms with Crippen molar-refractivity contribution in [1.82, 2.24) is 10.6 Å². The fourth-order valence-electron chi connectivity index (χ4n) is 3.34. The van der Waals surface area contributed by atoms with E-state index in [0.717, 1.165) is 36.8 Å². The van der Waals surface area contributed by atoms with Crippen LogP contribution in [0.4, 0.5) is 9.59 Å². The van der Waals surface area contributed by atoms with E-state index in [1.54, 1.807) is 24.3 Å². The van der Waals surface area contributed by atoms with Crippen LogP contribution >= 0.6 is 0 Å². The maximum Gasteiger partial charge on any atom is 0.408 e. The number of alkyl carbamates (subject to hydrolysis) is 2. The quantitative estimate of drug-likeness (QED) is 0.301. The molecule has 2 aromatic carbocycles.